The van der Waals surface area contributed by atoms with E-state index >= 15 is 0 Å². The second-order valence-corrected chi connectivity index (χ2v) is 6.82. The summed E-state index contributed by atoms with van der Waals surface area (Å²) in [7, 11) is 4.23. The lowest BCUT2D eigenvalue weighted by molar-refractivity contribution is 0.413. The molecule has 0 atom stereocenters. The highest BCUT2D eigenvalue weighted by Crippen LogP contribution is 2.25. The number of likely N-dealkylation sites (N-methyl/N-ethyl adjacent to an activating group) is 1. The number of hydrogen-bond acceptors (Lipinski definition) is 4. The lowest BCUT2D eigenvalue weighted by atomic mass is 10.1. The summed E-state index contributed by atoms with van der Waals surface area (Å²) in [5, 5.41) is 4.82. The molecule has 1 heterocycles. The standard InChI is InChI=1S/C15H29N3S/c1-6-7-9-16-11-13-15(12(2)3)17-14(19-13)8-10-18(4)5/h12,16H,6-11H2,1-5H3. The Morgan fingerprint density at radius 2 is 2.05 bits per heavy atom. The lowest BCUT2D eigenvalue weighted by Gasteiger charge is -2.06. The largest absolute Gasteiger partial charge is 0.312 e. The van der Waals surface area contributed by atoms with Crippen molar-refractivity contribution in [2.45, 2.75) is 52.5 Å². The van der Waals surface area contributed by atoms with E-state index in [2.05, 4.69) is 45.1 Å². The molecule has 0 saturated heterocycles. The number of nitrogens with zero attached hydrogens (tertiary/aromatic N) is 2. The lowest BCUT2D eigenvalue weighted by Crippen LogP contribution is -2.14. The average molecular weight is 283 g/mol. The molecule has 0 aromatic carbocycles. The van der Waals surface area contributed by atoms with E-state index < -0.39 is 0 Å². The summed E-state index contributed by atoms with van der Waals surface area (Å²) in [6.45, 7) is 9.87. The van der Waals surface area contributed by atoms with Crippen molar-refractivity contribution in [1.29, 1.82) is 0 Å². The Hall–Kier alpha value is -0.450. The molecule has 1 aromatic heterocycles. The highest BCUT2D eigenvalue weighted by atomic mass is 32.1. The van der Waals surface area contributed by atoms with Gasteiger partial charge in [-0.25, -0.2) is 4.98 Å². The van der Waals surface area contributed by atoms with Crippen LogP contribution in [0.2, 0.25) is 0 Å². The molecule has 0 spiro atoms. The molecule has 1 aromatic rings. The Bertz CT molecular complexity index is 358. The van der Waals surface area contributed by atoms with Crippen molar-refractivity contribution < 1.29 is 0 Å². The molecular formula is C15H29N3S. The zero-order valence-electron chi connectivity index (χ0n) is 13.1. The Kier molecular flexibility index (Phi) is 7.57. The maximum absolute atomic E-state index is 4.83. The van der Waals surface area contributed by atoms with Gasteiger partial charge in [-0.15, -0.1) is 11.3 Å². The molecule has 0 radical (unpaired) electrons. The van der Waals surface area contributed by atoms with E-state index in [1.165, 1.54) is 28.4 Å². The molecule has 0 aliphatic rings. The van der Waals surface area contributed by atoms with Gasteiger partial charge in [0.1, 0.15) is 0 Å². The smallest absolute Gasteiger partial charge is 0.0944 e. The summed E-state index contributed by atoms with van der Waals surface area (Å²) >= 11 is 1.89. The third kappa shape index (κ3) is 6.02. The molecule has 0 aliphatic heterocycles. The molecule has 3 nitrogen and oxygen atoms in total. The highest BCUT2D eigenvalue weighted by molar-refractivity contribution is 7.11. The van der Waals surface area contributed by atoms with Crippen LogP contribution in [-0.4, -0.2) is 37.1 Å². The maximum Gasteiger partial charge on any atom is 0.0944 e. The van der Waals surface area contributed by atoms with Gasteiger partial charge in [-0.1, -0.05) is 27.2 Å². The fraction of sp³-hybridized carbons (Fsp3) is 0.800. The van der Waals surface area contributed by atoms with E-state index in [-0.39, 0.29) is 0 Å². The zero-order valence-corrected chi connectivity index (χ0v) is 13.9. The predicted molar refractivity (Wildman–Crippen MR) is 85.1 cm³/mol. The molecule has 0 amide bonds. The van der Waals surface area contributed by atoms with Gasteiger partial charge in [-0.05, 0) is 33.0 Å². The van der Waals surface area contributed by atoms with Gasteiger partial charge >= 0.3 is 0 Å². The van der Waals surface area contributed by atoms with Crippen LogP contribution in [0.25, 0.3) is 0 Å². The van der Waals surface area contributed by atoms with E-state index in [1.54, 1.807) is 0 Å². The van der Waals surface area contributed by atoms with Crippen LogP contribution in [-0.2, 0) is 13.0 Å². The Balaban J connectivity index is 2.61. The SMILES string of the molecule is CCCCNCc1sc(CCN(C)C)nc1C(C)C. The first-order chi connectivity index (χ1) is 9.04. The first-order valence-corrected chi connectivity index (χ1v) is 8.20. The number of hydrogen-bond donors (Lipinski definition) is 1. The molecule has 0 bridgehead atoms. The minimum absolute atomic E-state index is 0.521. The summed E-state index contributed by atoms with van der Waals surface area (Å²) in [4.78, 5) is 8.48. The molecule has 0 saturated carbocycles. The Labute approximate surface area is 122 Å². The number of nitrogens with one attached hydrogen (secondary N) is 1. The van der Waals surface area contributed by atoms with Gasteiger partial charge in [0.25, 0.3) is 0 Å². The summed E-state index contributed by atoms with van der Waals surface area (Å²) < 4.78 is 0. The summed E-state index contributed by atoms with van der Waals surface area (Å²) in [5.41, 5.74) is 1.29. The first kappa shape index (κ1) is 16.6. The molecule has 0 fully saturated rings. The number of unbranched alkanes of at least 4 members (excludes halogenated alkanes) is 1. The second kappa shape index (κ2) is 8.67. The van der Waals surface area contributed by atoms with Crippen LogP contribution in [0.1, 0.15) is 55.1 Å². The minimum atomic E-state index is 0.521. The number of aromatic nitrogens is 1. The van der Waals surface area contributed by atoms with Crippen LogP contribution >= 0.6 is 11.3 Å². The van der Waals surface area contributed by atoms with Crippen molar-refractivity contribution >= 4 is 11.3 Å². The number of thiazole rings is 1. The molecule has 0 aliphatic carbocycles. The third-order valence-electron chi connectivity index (χ3n) is 3.08. The average Bonchev–Trinajstić information content (AvgIpc) is 2.76. The third-order valence-corrected chi connectivity index (χ3v) is 4.22. The summed E-state index contributed by atoms with van der Waals surface area (Å²) in [6.07, 6.45) is 3.57. The molecule has 4 heteroatoms. The van der Waals surface area contributed by atoms with E-state index in [4.69, 9.17) is 4.98 Å². The van der Waals surface area contributed by atoms with Gasteiger partial charge in [0.15, 0.2) is 0 Å². The summed E-state index contributed by atoms with van der Waals surface area (Å²) in [5.74, 6) is 0.521. The fourth-order valence-corrected chi connectivity index (χ4v) is 3.10. The van der Waals surface area contributed by atoms with Gasteiger partial charge < -0.3 is 10.2 Å². The molecule has 1 N–H and O–H groups in total. The van der Waals surface area contributed by atoms with Gasteiger partial charge in [0.05, 0.1) is 10.7 Å². The normalized spacial score (nSPS) is 11.7. The van der Waals surface area contributed by atoms with Crippen molar-refractivity contribution in [1.82, 2.24) is 15.2 Å². The van der Waals surface area contributed by atoms with Gasteiger partial charge in [-0.3, -0.25) is 0 Å². The molecular weight excluding hydrogens is 254 g/mol. The number of rotatable bonds is 9. The highest BCUT2D eigenvalue weighted by Gasteiger charge is 2.13. The first-order valence-electron chi connectivity index (χ1n) is 7.38. The quantitative estimate of drug-likeness (QED) is 0.705. The van der Waals surface area contributed by atoms with Crippen LogP contribution in [0, 0.1) is 0 Å². The van der Waals surface area contributed by atoms with Crippen molar-refractivity contribution in [3.05, 3.63) is 15.6 Å². The molecule has 19 heavy (non-hydrogen) atoms. The van der Waals surface area contributed by atoms with Crippen molar-refractivity contribution in [3.63, 3.8) is 0 Å². The van der Waals surface area contributed by atoms with Crippen molar-refractivity contribution in [3.8, 4) is 0 Å². The Morgan fingerprint density at radius 3 is 2.63 bits per heavy atom. The predicted octanol–water partition coefficient (Wildman–Crippen LogP) is 3.26. The van der Waals surface area contributed by atoms with E-state index in [1.807, 2.05) is 11.3 Å². The van der Waals surface area contributed by atoms with E-state index in [0.29, 0.717) is 5.92 Å². The van der Waals surface area contributed by atoms with E-state index in [0.717, 1.165) is 26.1 Å². The van der Waals surface area contributed by atoms with Crippen LogP contribution in [0.3, 0.4) is 0 Å². The molecule has 1 rings (SSSR count). The van der Waals surface area contributed by atoms with Crippen LogP contribution in [0.4, 0.5) is 0 Å². The summed E-state index contributed by atoms with van der Waals surface area (Å²) in [6, 6.07) is 0. The van der Waals surface area contributed by atoms with Crippen molar-refractivity contribution in [2.75, 3.05) is 27.2 Å². The topological polar surface area (TPSA) is 28.2 Å². The second-order valence-electron chi connectivity index (χ2n) is 5.65. The Morgan fingerprint density at radius 1 is 1.32 bits per heavy atom. The van der Waals surface area contributed by atoms with E-state index in [9.17, 15) is 0 Å². The monoisotopic (exact) mass is 283 g/mol. The fourth-order valence-electron chi connectivity index (χ4n) is 1.92. The van der Waals surface area contributed by atoms with Gasteiger partial charge in [0, 0.05) is 24.4 Å². The maximum atomic E-state index is 4.83. The van der Waals surface area contributed by atoms with Crippen LogP contribution < -0.4 is 5.32 Å². The zero-order chi connectivity index (χ0) is 14.3. The molecule has 0 unspecified atom stereocenters. The van der Waals surface area contributed by atoms with Gasteiger partial charge in [0.2, 0.25) is 0 Å². The van der Waals surface area contributed by atoms with Gasteiger partial charge in [-0.2, -0.15) is 0 Å². The van der Waals surface area contributed by atoms with Crippen LogP contribution in [0.15, 0.2) is 0 Å². The minimum Gasteiger partial charge on any atom is -0.312 e. The van der Waals surface area contributed by atoms with Crippen molar-refractivity contribution in [2.24, 2.45) is 0 Å². The van der Waals surface area contributed by atoms with Crippen LogP contribution in [0.5, 0.6) is 0 Å². The molecule has 110 valence electrons.